The largest absolute Gasteiger partial charge is 0.409 e. The summed E-state index contributed by atoms with van der Waals surface area (Å²) in [7, 11) is 0. The summed E-state index contributed by atoms with van der Waals surface area (Å²) in [6.07, 6.45) is 0. The minimum absolute atomic E-state index is 0.0369. The van der Waals surface area contributed by atoms with E-state index in [9.17, 15) is 4.79 Å². The van der Waals surface area contributed by atoms with Crippen LogP contribution in [-0.4, -0.2) is 17.0 Å². The molecular weight excluding hydrogens is 218 g/mol. The van der Waals surface area contributed by atoms with Crippen LogP contribution >= 0.6 is 0 Å². The molecule has 0 radical (unpaired) electrons. The number of carbonyl (C=O) groups excluding carboxylic acids is 1. The number of carbonyl (C=O) groups is 1. The number of nitrogens with zero attached hydrogens (tertiary/aromatic N) is 1. The summed E-state index contributed by atoms with van der Waals surface area (Å²) >= 11 is 0. The van der Waals surface area contributed by atoms with Crippen molar-refractivity contribution >= 4 is 11.7 Å². The van der Waals surface area contributed by atoms with Crippen molar-refractivity contribution in [2.75, 3.05) is 0 Å². The van der Waals surface area contributed by atoms with Crippen LogP contribution in [0.25, 0.3) is 0 Å². The molecule has 0 heterocycles. The molecule has 0 aliphatic carbocycles. The molecule has 1 unspecified atom stereocenters. The van der Waals surface area contributed by atoms with E-state index in [-0.39, 0.29) is 17.7 Å². The molecule has 0 bridgehead atoms. The Morgan fingerprint density at radius 1 is 1.35 bits per heavy atom. The Labute approximate surface area is 100 Å². The molecule has 0 fully saturated rings. The van der Waals surface area contributed by atoms with Crippen LogP contribution in [-0.2, 0) is 4.79 Å². The maximum atomic E-state index is 11.6. The van der Waals surface area contributed by atoms with E-state index in [1.807, 2.05) is 30.3 Å². The topological polar surface area (TPSA) is 87.7 Å². The average molecular weight is 235 g/mol. The van der Waals surface area contributed by atoms with E-state index >= 15 is 0 Å². The van der Waals surface area contributed by atoms with Crippen molar-refractivity contribution in [2.45, 2.75) is 19.9 Å². The lowest BCUT2D eigenvalue weighted by Crippen LogP contribution is -2.39. The highest BCUT2D eigenvalue weighted by Gasteiger charge is 2.20. The van der Waals surface area contributed by atoms with Gasteiger partial charge in [0.05, 0.1) is 0 Å². The monoisotopic (exact) mass is 235 g/mol. The highest BCUT2D eigenvalue weighted by atomic mass is 16.4. The van der Waals surface area contributed by atoms with E-state index in [1.165, 1.54) is 0 Å². The number of amidine groups is 1. The van der Waals surface area contributed by atoms with E-state index in [4.69, 9.17) is 10.9 Å². The first kappa shape index (κ1) is 13.0. The van der Waals surface area contributed by atoms with Crippen molar-refractivity contribution in [2.24, 2.45) is 16.8 Å². The van der Waals surface area contributed by atoms with Crippen molar-refractivity contribution < 1.29 is 10.0 Å². The predicted octanol–water partition coefficient (Wildman–Crippen LogP) is 1.25. The van der Waals surface area contributed by atoms with E-state index in [1.54, 1.807) is 13.8 Å². The molecule has 92 valence electrons. The second kappa shape index (κ2) is 5.89. The zero-order valence-corrected chi connectivity index (χ0v) is 9.92. The lowest BCUT2D eigenvalue weighted by atomic mass is 10.0. The highest BCUT2D eigenvalue weighted by Crippen LogP contribution is 2.13. The van der Waals surface area contributed by atoms with E-state index in [0.29, 0.717) is 0 Å². The Hall–Kier alpha value is -2.04. The number of nitrogens with two attached hydrogens (primary N) is 1. The molecule has 1 atom stereocenters. The molecule has 0 spiro atoms. The zero-order valence-electron chi connectivity index (χ0n) is 9.92. The van der Waals surface area contributed by atoms with Crippen LogP contribution in [0.1, 0.15) is 25.5 Å². The summed E-state index contributed by atoms with van der Waals surface area (Å²) in [5.74, 6) is -0.344. The summed E-state index contributed by atoms with van der Waals surface area (Å²) in [6.45, 7) is 3.56. The fourth-order valence-corrected chi connectivity index (χ4v) is 1.34. The molecule has 5 heteroatoms. The molecule has 4 N–H and O–H groups in total. The Morgan fingerprint density at radius 3 is 2.41 bits per heavy atom. The molecule has 1 amide bonds. The lowest BCUT2D eigenvalue weighted by Gasteiger charge is -2.19. The maximum absolute atomic E-state index is 11.6. The van der Waals surface area contributed by atoms with Gasteiger partial charge in [0.2, 0.25) is 5.91 Å². The normalized spacial score (nSPS) is 13.5. The third-order valence-corrected chi connectivity index (χ3v) is 2.36. The number of hydrogen-bond donors (Lipinski definition) is 3. The Balaban J connectivity index is 2.94. The van der Waals surface area contributed by atoms with Crippen molar-refractivity contribution in [1.29, 1.82) is 0 Å². The number of benzene rings is 1. The van der Waals surface area contributed by atoms with Gasteiger partial charge in [0.25, 0.3) is 0 Å². The van der Waals surface area contributed by atoms with Crippen molar-refractivity contribution in [3.8, 4) is 0 Å². The summed E-state index contributed by atoms with van der Waals surface area (Å²) in [5, 5.41) is 14.4. The number of rotatable bonds is 4. The van der Waals surface area contributed by atoms with Gasteiger partial charge >= 0.3 is 0 Å². The third-order valence-electron chi connectivity index (χ3n) is 2.36. The maximum Gasteiger partial charge on any atom is 0.223 e. The SMILES string of the molecule is CC(C)C(=O)NC(/C(N)=N/O)c1ccccc1. The quantitative estimate of drug-likeness (QED) is 0.317. The van der Waals surface area contributed by atoms with Gasteiger partial charge in [0, 0.05) is 5.92 Å². The molecule has 0 aliphatic rings. The molecular formula is C12H17N3O2. The van der Waals surface area contributed by atoms with E-state index in [0.717, 1.165) is 5.56 Å². The molecule has 1 aromatic carbocycles. The van der Waals surface area contributed by atoms with Gasteiger partial charge in [-0.05, 0) is 5.56 Å². The molecule has 1 aromatic rings. The summed E-state index contributed by atoms with van der Waals surface area (Å²) in [5.41, 5.74) is 6.36. The first-order valence-corrected chi connectivity index (χ1v) is 5.39. The van der Waals surface area contributed by atoms with Gasteiger partial charge in [0.1, 0.15) is 6.04 Å². The molecule has 0 aliphatic heterocycles. The first-order chi connectivity index (χ1) is 8.06. The zero-order chi connectivity index (χ0) is 12.8. The van der Waals surface area contributed by atoms with Crippen LogP contribution in [0.3, 0.4) is 0 Å². The van der Waals surface area contributed by atoms with E-state index < -0.39 is 6.04 Å². The Kier molecular flexibility index (Phi) is 4.51. The Morgan fingerprint density at radius 2 is 1.94 bits per heavy atom. The van der Waals surface area contributed by atoms with Crippen LogP contribution in [0.15, 0.2) is 35.5 Å². The van der Waals surface area contributed by atoms with Gasteiger partial charge in [-0.25, -0.2) is 0 Å². The van der Waals surface area contributed by atoms with Crippen molar-refractivity contribution in [3.63, 3.8) is 0 Å². The van der Waals surface area contributed by atoms with Gasteiger partial charge in [-0.2, -0.15) is 0 Å². The van der Waals surface area contributed by atoms with Crippen LogP contribution in [0.5, 0.6) is 0 Å². The minimum atomic E-state index is -0.601. The van der Waals surface area contributed by atoms with Crippen LogP contribution in [0.2, 0.25) is 0 Å². The average Bonchev–Trinajstić information content (AvgIpc) is 2.35. The molecule has 1 rings (SSSR count). The second-order valence-corrected chi connectivity index (χ2v) is 4.03. The number of nitrogens with one attached hydrogen (secondary N) is 1. The first-order valence-electron chi connectivity index (χ1n) is 5.39. The number of hydrogen-bond acceptors (Lipinski definition) is 3. The number of oxime groups is 1. The lowest BCUT2D eigenvalue weighted by molar-refractivity contribution is -0.124. The number of amides is 1. The fourth-order valence-electron chi connectivity index (χ4n) is 1.34. The molecule has 5 nitrogen and oxygen atoms in total. The second-order valence-electron chi connectivity index (χ2n) is 4.03. The predicted molar refractivity (Wildman–Crippen MR) is 65.6 cm³/mol. The highest BCUT2D eigenvalue weighted by molar-refractivity contribution is 5.91. The van der Waals surface area contributed by atoms with E-state index in [2.05, 4.69) is 10.5 Å². The summed E-state index contributed by atoms with van der Waals surface area (Å²) in [4.78, 5) is 11.6. The molecule has 0 aromatic heterocycles. The van der Waals surface area contributed by atoms with Gasteiger partial charge in [-0.15, -0.1) is 0 Å². The Bertz CT molecular complexity index is 401. The van der Waals surface area contributed by atoms with Crippen LogP contribution in [0, 0.1) is 5.92 Å². The standard InChI is InChI=1S/C12H17N3O2/c1-8(2)12(16)14-10(11(13)15-17)9-6-4-3-5-7-9/h3-8,10,17H,1-2H3,(H2,13,15)(H,14,16). The van der Waals surface area contributed by atoms with Gasteiger partial charge in [-0.1, -0.05) is 49.3 Å². The van der Waals surface area contributed by atoms with Crippen LogP contribution in [0.4, 0.5) is 0 Å². The van der Waals surface area contributed by atoms with Crippen molar-refractivity contribution in [3.05, 3.63) is 35.9 Å². The molecule has 0 saturated carbocycles. The fraction of sp³-hybridized carbons (Fsp3) is 0.333. The van der Waals surface area contributed by atoms with Gasteiger partial charge in [-0.3, -0.25) is 4.79 Å². The third kappa shape index (κ3) is 3.48. The molecule has 0 saturated heterocycles. The smallest absolute Gasteiger partial charge is 0.223 e. The van der Waals surface area contributed by atoms with Gasteiger partial charge in [0.15, 0.2) is 5.84 Å². The van der Waals surface area contributed by atoms with Crippen molar-refractivity contribution in [1.82, 2.24) is 5.32 Å². The minimum Gasteiger partial charge on any atom is -0.409 e. The summed E-state index contributed by atoms with van der Waals surface area (Å²) in [6, 6.07) is 8.53. The van der Waals surface area contributed by atoms with Gasteiger partial charge < -0.3 is 16.3 Å². The molecule has 17 heavy (non-hydrogen) atoms. The summed E-state index contributed by atoms with van der Waals surface area (Å²) < 4.78 is 0. The van der Waals surface area contributed by atoms with Crippen LogP contribution < -0.4 is 11.1 Å².